The molecular formula is C19H24N2O3. The molecule has 128 valence electrons. The van der Waals surface area contributed by atoms with E-state index < -0.39 is 6.09 Å². The highest BCUT2D eigenvalue weighted by atomic mass is 16.5. The van der Waals surface area contributed by atoms with Gasteiger partial charge in [-0.3, -0.25) is 0 Å². The molecule has 0 bridgehead atoms. The zero-order valence-corrected chi connectivity index (χ0v) is 13.9. The van der Waals surface area contributed by atoms with E-state index in [1.807, 2.05) is 48.5 Å². The molecule has 0 saturated heterocycles. The van der Waals surface area contributed by atoms with Gasteiger partial charge in [0.05, 0.1) is 6.61 Å². The van der Waals surface area contributed by atoms with Crippen molar-refractivity contribution in [3.8, 4) is 16.9 Å². The van der Waals surface area contributed by atoms with Crippen LogP contribution >= 0.6 is 0 Å². The van der Waals surface area contributed by atoms with Gasteiger partial charge in [0.2, 0.25) is 0 Å². The van der Waals surface area contributed by atoms with Crippen LogP contribution in [0.5, 0.6) is 5.75 Å². The summed E-state index contributed by atoms with van der Waals surface area (Å²) in [6.07, 6.45) is -0.116. The summed E-state index contributed by atoms with van der Waals surface area (Å²) in [6.45, 7) is 4.82. The summed E-state index contributed by atoms with van der Waals surface area (Å²) in [5.74, 6) is 0.780. The average Bonchev–Trinajstić information content (AvgIpc) is 2.60. The monoisotopic (exact) mass is 328 g/mol. The van der Waals surface area contributed by atoms with Crippen molar-refractivity contribution >= 4 is 6.09 Å². The van der Waals surface area contributed by atoms with Crippen LogP contribution in [0.15, 0.2) is 48.5 Å². The molecule has 0 aromatic heterocycles. The van der Waals surface area contributed by atoms with Gasteiger partial charge >= 0.3 is 6.09 Å². The van der Waals surface area contributed by atoms with E-state index in [-0.39, 0.29) is 6.54 Å². The van der Waals surface area contributed by atoms with Crippen LogP contribution in [0.25, 0.3) is 11.1 Å². The summed E-state index contributed by atoms with van der Waals surface area (Å²) in [5, 5.41) is 14.4. The van der Waals surface area contributed by atoms with Gasteiger partial charge in [0, 0.05) is 12.1 Å². The van der Waals surface area contributed by atoms with Crippen LogP contribution in [0, 0.1) is 0 Å². The van der Waals surface area contributed by atoms with Crippen molar-refractivity contribution in [2.24, 2.45) is 0 Å². The zero-order chi connectivity index (χ0) is 17.2. The smallest absolute Gasteiger partial charge is 0.404 e. The lowest BCUT2D eigenvalue weighted by Gasteiger charge is -2.14. The molecule has 0 saturated carbocycles. The third-order valence-electron chi connectivity index (χ3n) is 3.58. The fourth-order valence-electron chi connectivity index (χ4n) is 2.39. The van der Waals surface area contributed by atoms with E-state index in [0.29, 0.717) is 6.61 Å². The third kappa shape index (κ3) is 5.59. The Morgan fingerprint density at radius 2 is 1.96 bits per heavy atom. The van der Waals surface area contributed by atoms with Crippen LogP contribution in [-0.2, 0) is 6.54 Å². The molecule has 0 heterocycles. The van der Waals surface area contributed by atoms with E-state index in [1.54, 1.807) is 0 Å². The molecule has 0 radical (unpaired) electrons. The number of ether oxygens (including phenoxy) is 1. The van der Waals surface area contributed by atoms with Crippen molar-refractivity contribution < 1.29 is 14.6 Å². The molecule has 0 spiro atoms. The highest BCUT2D eigenvalue weighted by Gasteiger charge is 2.08. The third-order valence-corrected chi connectivity index (χ3v) is 3.58. The first-order chi connectivity index (χ1) is 11.7. The summed E-state index contributed by atoms with van der Waals surface area (Å²) < 4.78 is 5.97. The lowest BCUT2D eigenvalue weighted by Crippen LogP contribution is -2.20. The second-order valence-corrected chi connectivity index (χ2v) is 5.41. The highest BCUT2D eigenvalue weighted by molar-refractivity contribution is 5.71. The predicted molar refractivity (Wildman–Crippen MR) is 95.4 cm³/mol. The number of hydrogen-bond donors (Lipinski definition) is 3. The second-order valence-electron chi connectivity index (χ2n) is 5.41. The average molecular weight is 328 g/mol. The Labute approximate surface area is 142 Å². The lowest BCUT2D eigenvalue weighted by atomic mass is 10.0. The largest absolute Gasteiger partial charge is 0.493 e. The van der Waals surface area contributed by atoms with Gasteiger partial charge in [0.15, 0.2) is 0 Å². The van der Waals surface area contributed by atoms with E-state index >= 15 is 0 Å². The summed E-state index contributed by atoms with van der Waals surface area (Å²) >= 11 is 0. The van der Waals surface area contributed by atoms with Gasteiger partial charge in [-0.15, -0.1) is 0 Å². The van der Waals surface area contributed by atoms with Gasteiger partial charge in [0.25, 0.3) is 0 Å². The molecule has 0 unspecified atom stereocenters. The molecule has 0 aliphatic carbocycles. The Bertz CT molecular complexity index is 644. The van der Waals surface area contributed by atoms with Crippen molar-refractivity contribution in [2.75, 3.05) is 19.7 Å². The fourth-order valence-corrected chi connectivity index (χ4v) is 2.39. The van der Waals surface area contributed by atoms with E-state index in [1.165, 1.54) is 0 Å². The van der Waals surface area contributed by atoms with E-state index in [9.17, 15) is 4.79 Å². The zero-order valence-electron chi connectivity index (χ0n) is 13.9. The maximum atomic E-state index is 10.7. The first-order valence-corrected chi connectivity index (χ1v) is 8.19. The number of amides is 1. The second kappa shape index (κ2) is 9.57. The summed E-state index contributed by atoms with van der Waals surface area (Å²) in [4.78, 5) is 10.7. The Balaban J connectivity index is 2.14. The fraction of sp³-hybridized carbons (Fsp3) is 0.316. The normalized spacial score (nSPS) is 10.4. The Kier molecular flexibility index (Phi) is 7.11. The number of carbonyl (C=O) groups is 1. The molecule has 2 aromatic carbocycles. The van der Waals surface area contributed by atoms with Crippen molar-refractivity contribution in [1.29, 1.82) is 0 Å². The van der Waals surface area contributed by atoms with Gasteiger partial charge in [0.1, 0.15) is 5.75 Å². The van der Waals surface area contributed by atoms with Gasteiger partial charge in [-0.1, -0.05) is 49.4 Å². The number of nitrogens with one attached hydrogen (secondary N) is 2. The number of carboxylic acid groups (broad SMARTS) is 1. The van der Waals surface area contributed by atoms with Crippen molar-refractivity contribution in [1.82, 2.24) is 10.6 Å². The van der Waals surface area contributed by atoms with Crippen LogP contribution < -0.4 is 15.4 Å². The summed E-state index contributed by atoms with van der Waals surface area (Å²) in [6, 6.07) is 15.8. The van der Waals surface area contributed by atoms with Gasteiger partial charge in [-0.25, -0.2) is 4.79 Å². The van der Waals surface area contributed by atoms with Gasteiger partial charge in [-0.2, -0.15) is 0 Å². The van der Waals surface area contributed by atoms with Crippen LogP contribution in [0.1, 0.15) is 18.9 Å². The minimum absolute atomic E-state index is 0.262. The molecule has 5 nitrogen and oxygen atoms in total. The molecular weight excluding hydrogens is 304 g/mol. The number of hydrogen-bond acceptors (Lipinski definition) is 3. The maximum Gasteiger partial charge on any atom is 0.404 e. The standard InChI is InChI=1S/C19H24N2O3/c1-2-20-11-6-12-24-18-13-15(14-21-19(22)23)9-10-17(18)16-7-4-3-5-8-16/h3-5,7-10,13,20-21H,2,6,11-12,14H2,1H3,(H,22,23). The molecule has 1 amide bonds. The van der Waals surface area contributed by atoms with E-state index in [2.05, 4.69) is 17.6 Å². The van der Waals surface area contributed by atoms with Crippen molar-refractivity contribution in [2.45, 2.75) is 19.9 Å². The molecule has 24 heavy (non-hydrogen) atoms. The Hall–Kier alpha value is -2.53. The van der Waals surface area contributed by atoms with Gasteiger partial charge in [-0.05, 0) is 36.7 Å². The van der Waals surface area contributed by atoms with Crippen molar-refractivity contribution in [3.63, 3.8) is 0 Å². The number of rotatable bonds is 9. The molecule has 3 N–H and O–H groups in total. The van der Waals surface area contributed by atoms with Crippen LogP contribution in [-0.4, -0.2) is 30.9 Å². The van der Waals surface area contributed by atoms with E-state index in [0.717, 1.165) is 42.0 Å². The first kappa shape index (κ1) is 17.8. The quantitative estimate of drug-likeness (QED) is 0.616. The minimum Gasteiger partial charge on any atom is -0.493 e. The molecule has 0 fully saturated rings. The van der Waals surface area contributed by atoms with Crippen LogP contribution in [0.4, 0.5) is 4.79 Å². The first-order valence-electron chi connectivity index (χ1n) is 8.19. The Morgan fingerprint density at radius 1 is 1.17 bits per heavy atom. The predicted octanol–water partition coefficient (Wildman–Crippen LogP) is 3.50. The SMILES string of the molecule is CCNCCCOc1cc(CNC(=O)O)ccc1-c1ccccc1. The molecule has 0 atom stereocenters. The topological polar surface area (TPSA) is 70.6 Å². The molecule has 5 heteroatoms. The Morgan fingerprint density at radius 3 is 2.67 bits per heavy atom. The van der Waals surface area contributed by atoms with Crippen molar-refractivity contribution in [3.05, 3.63) is 54.1 Å². The maximum absolute atomic E-state index is 10.7. The summed E-state index contributed by atoms with van der Waals surface area (Å²) in [7, 11) is 0. The minimum atomic E-state index is -1.03. The molecule has 0 aliphatic heterocycles. The highest BCUT2D eigenvalue weighted by Crippen LogP contribution is 2.31. The molecule has 2 rings (SSSR count). The lowest BCUT2D eigenvalue weighted by molar-refractivity contribution is 0.194. The van der Waals surface area contributed by atoms with Gasteiger partial charge < -0.3 is 20.5 Å². The van der Waals surface area contributed by atoms with Crippen LogP contribution in [0.2, 0.25) is 0 Å². The molecule has 0 aliphatic rings. The van der Waals surface area contributed by atoms with Crippen LogP contribution in [0.3, 0.4) is 0 Å². The summed E-state index contributed by atoms with van der Waals surface area (Å²) in [5.41, 5.74) is 2.97. The van der Waals surface area contributed by atoms with E-state index in [4.69, 9.17) is 9.84 Å². The number of benzene rings is 2. The molecule has 2 aromatic rings.